The standard InChI is InChI=1S/C18H23ClN6O2/c1-22-7-9-24(10-8-22)17-20-15-14(16(26)21-18(27)23(15)2)25(17)11-12-5-3-4-6-13(12)19/h3-6,14-15H,7-11H2,1-2H3,(H,21,26,27). The molecule has 1 aromatic carbocycles. The first-order valence-electron chi connectivity index (χ1n) is 9.04. The minimum atomic E-state index is -0.557. The van der Waals surface area contributed by atoms with Crippen LogP contribution < -0.4 is 5.32 Å². The Morgan fingerprint density at radius 1 is 1.15 bits per heavy atom. The highest BCUT2D eigenvalue weighted by Crippen LogP contribution is 2.29. The van der Waals surface area contributed by atoms with Gasteiger partial charge in [0.1, 0.15) is 0 Å². The Morgan fingerprint density at radius 2 is 1.85 bits per heavy atom. The summed E-state index contributed by atoms with van der Waals surface area (Å²) in [6.07, 6.45) is -0.525. The maximum absolute atomic E-state index is 12.7. The van der Waals surface area contributed by atoms with Crippen LogP contribution in [0.15, 0.2) is 29.3 Å². The number of nitrogens with zero attached hydrogens (tertiary/aromatic N) is 5. The number of benzene rings is 1. The molecule has 2 saturated heterocycles. The zero-order valence-electron chi connectivity index (χ0n) is 15.4. The van der Waals surface area contributed by atoms with Gasteiger partial charge in [0.05, 0.1) is 0 Å². The van der Waals surface area contributed by atoms with Gasteiger partial charge in [0.15, 0.2) is 18.2 Å². The molecule has 4 rings (SSSR count). The fourth-order valence-corrected chi connectivity index (χ4v) is 3.96. The molecule has 9 heteroatoms. The highest BCUT2D eigenvalue weighted by Gasteiger charge is 2.49. The Bertz CT molecular complexity index is 792. The van der Waals surface area contributed by atoms with Crippen LogP contribution in [-0.4, -0.2) is 90.0 Å². The third kappa shape index (κ3) is 3.23. The summed E-state index contributed by atoms with van der Waals surface area (Å²) >= 11 is 6.37. The average molecular weight is 391 g/mol. The van der Waals surface area contributed by atoms with E-state index in [0.29, 0.717) is 11.6 Å². The van der Waals surface area contributed by atoms with Gasteiger partial charge in [-0.3, -0.25) is 10.1 Å². The Hall–Kier alpha value is -2.32. The quantitative estimate of drug-likeness (QED) is 0.802. The number of carbonyl (C=O) groups excluding carboxylic acids is 2. The predicted molar refractivity (Wildman–Crippen MR) is 102 cm³/mol. The predicted octanol–water partition coefficient (Wildman–Crippen LogP) is 0.635. The van der Waals surface area contributed by atoms with Gasteiger partial charge < -0.3 is 19.6 Å². The Labute approximate surface area is 163 Å². The summed E-state index contributed by atoms with van der Waals surface area (Å²) in [5.41, 5.74) is 0.925. The zero-order valence-corrected chi connectivity index (χ0v) is 16.2. The van der Waals surface area contributed by atoms with Crippen LogP contribution in [0.1, 0.15) is 5.56 Å². The highest BCUT2D eigenvalue weighted by atomic mass is 35.5. The van der Waals surface area contributed by atoms with Crippen molar-refractivity contribution in [3.63, 3.8) is 0 Å². The average Bonchev–Trinajstić information content (AvgIpc) is 3.02. The van der Waals surface area contributed by atoms with Crippen molar-refractivity contribution in [1.29, 1.82) is 0 Å². The molecule has 2 atom stereocenters. The fraction of sp³-hybridized carbons (Fsp3) is 0.500. The number of aliphatic imine (C=N–C) groups is 1. The van der Waals surface area contributed by atoms with E-state index in [4.69, 9.17) is 16.6 Å². The largest absolute Gasteiger partial charge is 0.340 e. The molecule has 0 bridgehead atoms. The van der Waals surface area contributed by atoms with Crippen molar-refractivity contribution in [3.05, 3.63) is 34.9 Å². The number of imide groups is 1. The van der Waals surface area contributed by atoms with E-state index in [2.05, 4.69) is 22.2 Å². The number of carbonyl (C=O) groups is 2. The van der Waals surface area contributed by atoms with Gasteiger partial charge in [0.2, 0.25) is 0 Å². The lowest BCUT2D eigenvalue weighted by Gasteiger charge is -2.39. The summed E-state index contributed by atoms with van der Waals surface area (Å²) in [6.45, 7) is 3.96. The van der Waals surface area contributed by atoms with E-state index in [1.165, 1.54) is 4.90 Å². The van der Waals surface area contributed by atoms with Crippen LogP contribution >= 0.6 is 11.6 Å². The highest BCUT2D eigenvalue weighted by molar-refractivity contribution is 6.31. The first-order chi connectivity index (χ1) is 13.0. The Morgan fingerprint density at radius 3 is 2.56 bits per heavy atom. The van der Waals surface area contributed by atoms with Gasteiger partial charge >= 0.3 is 6.03 Å². The number of piperazine rings is 1. The molecule has 0 spiro atoms. The van der Waals surface area contributed by atoms with Gasteiger partial charge in [-0.2, -0.15) is 0 Å². The summed E-state index contributed by atoms with van der Waals surface area (Å²) < 4.78 is 0. The second-order valence-electron chi connectivity index (χ2n) is 7.20. The van der Waals surface area contributed by atoms with Gasteiger partial charge in [-0.15, -0.1) is 0 Å². The molecule has 3 aliphatic heterocycles. The second-order valence-corrected chi connectivity index (χ2v) is 7.61. The van der Waals surface area contributed by atoms with Crippen LogP contribution in [0.25, 0.3) is 0 Å². The third-order valence-corrected chi connectivity index (χ3v) is 5.79. The molecule has 0 saturated carbocycles. The minimum absolute atomic E-state index is 0.317. The topological polar surface area (TPSA) is 71.5 Å². The molecular formula is C18H23ClN6O2. The SMILES string of the molecule is CN1CCN(C2=NC3C(C(=O)NC(=O)N3C)N2Cc2ccccc2Cl)CC1. The van der Waals surface area contributed by atoms with E-state index >= 15 is 0 Å². The van der Waals surface area contributed by atoms with Gasteiger partial charge in [-0.05, 0) is 18.7 Å². The van der Waals surface area contributed by atoms with Crippen molar-refractivity contribution in [2.75, 3.05) is 40.3 Å². The molecule has 2 fully saturated rings. The number of halogens is 1. The number of likely N-dealkylation sites (N-methyl/N-ethyl adjacent to an activating group) is 2. The van der Waals surface area contributed by atoms with E-state index in [9.17, 15) is 9.59 Å². The van der Waals surface area contributed by atoms with Crippen LogP contribution in [0.5, 0.6) is 0 Å². The molecule has 0 radical (unpaired) electrons. The summed E-state index contributed by atoms with van der Waals surface area (Å²) in [7, 11) is 3.76. The number of rotatable bonds is 2. The zero-order chi connectivity index (χ0) is 19.1. The number of amides is 3. The molecule has 3 aliphatic rings. The molecule has 27 heavy (non-hydrogen) atoms. The number of hydrogen-bond acceptors (Lipinski definition) is 6. The van der Waals surface area contributed by atoms with E-state index in [0.717, 1.165) is 37.7 Å². The summed E-state index contributed by atoms with van der Waals surface area (Å²) in [5.74, 6) is 0.442. The van der Waals surface area contributed by atoms with Crippen LogP contribution in [0.4, 0.5) is 4.79 Å². The molecule has 3 heterocycles. The minimum Gasteiger partial charge on any atom is -0.340 e. The van der Waals surface area contributed by atoms with Crippen LogP contribution in [0.3, 0.4) is 0 Å². The van der Waals surface area contributed by atoms with Crippen LogP contribution in [0, 0.1) is 0 Å². The molecule has 1 aromatic rings. The van der Waals surface area contributed by atoms with E-state index in [1.807, 2.05) is 29.2 Å². The summed E-state index contributed by atoms with van der Waals surface area (Å²) in [6, 6.07) is 6.63. The monoisotopic (exact) mass is 390 g/mol. The van der Waals surface area contributed by atoms with Gasteiger partial charge in [0.25, 0.3) is 5.91 Å². The second kappa shape index (κ2) is 7.01. The lowest BCUT2D eigenvalue weighted by molar-refractivity contribution is -0.127. The molecule has 0 aromatic heterocycles. The van der Waals surface area contributed by atoms with E-state index < -0.39 is 18.2 Å². The first-order valence-corrected chi connectivity index (χ1v) is 9.42. The molecule has 3 amide bonds. The van der Waals surface area contributed by atoms with Crippen LogP contribution in [0.2, 0.25) is 5.02 Å². The lowest BCUT2D eigenvalue weighted by Crippen LogP contribution is -2.64. The first kappa shape index (κ1) is 18.1. The van der Waals surface area contributed by atoms with E-state index in [-0.39, 0.29) is 5.91 Å². The number of nitrogens with one attached hydrogen (secondary N) is 1. The normalized spacial score (nSPS) is 26.2. The number of urea groups is 1. The van der Waals surface area contributed by atoms with Crippen molar-refractivity contribution in [2.24, 2.45) is 4.99 Å². The number of guanidine groups is 1. The molecule has 2 unspecified atom stereocenters. The van der Waals surface area contributed by atoms with Crippen molar-refractivity contribution in [1.82, 2.24) is 24.9 Å². The summed E-state index contributed by atoms with van der Waals surface area (Å²) in [5, 5.41) is 3.09. The number of fused-ring (bicyclic) bond motifs is 1. The third-order valence-electron chi connectivity index (χ3n) is 5.42. The van der Waals surface area contributed by atoms with Gasteiger partial charge in [-0.1, -0.05) is 29.8 Å². The summed E-state index contributed by atoms with van der Waals surface area (Å²) in [4.78, 5) is 37.5. The van der Waals surface area contributed by atoms with Crippen molar-refractivity contribution in [2.45, 2.75) is 18.8 Å². The number of hydrogen-bond donors (Lipinski definition) is 1. The smallest absolute Gasteiger partial charge is 0.325 e. The maximum Gasteiger partial charge on any atom is 0.325 e. The van der Waals surface area contributed by atoms with Crippen molar-refractivity contribution >= 4 is 29.5 Å². The van der Waals surface area contributed by atoms with E-state index in [1.54, 1.807) is 7.05 Å². The molecule has 1 N–H and O–H groups in total. The lowest BCUT2D eigenvalue weighted by atomic mass is 10.1. The molecular weight excluding hydrogens is 368 g/mol. The van der Waals surface area contributed by atoms with Crippen molar-refractivity contribution in [3.8, 4) is 0 Å². The molecule has 8 nitrogen and oxygen atoms in total. The Balaban J connectivity index is 1.68. The van der Waals surface area contributed by atoms with Crippen LogP contribution in [-0.2, 0) is 11.3 Å². The fourth-order valence-electron chi connectivity index (χ4n) is 3.76. The maximum atomic E-state index is 12.7. The molecule has 144 valence electrons. The van der Waals surface area contributed by atoms with Crippen molar-refractivity contribution < 1.29 is 9.59 Å². The molecule has 0 aliphatic carbocycles. The Kier molecular flexibility index (Phi) is 4.69. The van der Waals surface area contributed by atoms with Gasteiger partial charge in [-0.25, -0.2) is 9.79 Å². The van der Waals surface area contributed by atoms with Gasteiger partial charge in [0, 0.05) is 44.8 Å².